The minimum atomic E-state index is -0.441. The number of amides is 1. The predicted octanol–water partition coefficient (Wildman–Crippen LogP) is 1.90. The minimum Gasteiger partial charge on any atom is -0.444 e. The van der Waals surface area contributed by atoms with Crippen molar-refractivity contribution in [3.63, 3.8) is 0 Å². The highest BCUT2D eigenvalue weighted by Crippen LogP contribution is 2.06. The maximum atomic E-state index is 11.3. The van der Waals surface area contributed by atoms with Crippen molar-refractivity contribution in [1.82, 2.24) is 10.6 Å². The van der Waals surface area contributed by atoms with Crippen LogP contribution in [0.2, 0.25) is 0 Å². The molecule has 0 aromatic carbocycles. The van der Waals surface area contributed by atoms with Crippen LogP contribution in [0.15, 0.2) is 0 Å². The molecule has 0 saturated heterocycles. The Balaban J connectivity index is 3.46. The first-order chi connectivity index (χ1) is 7.85. The third-order valence-corrected chi connectivity index (χ3v) is 1.94. The molecule has 0 aromatic rings. The van der Waals surface area contributed by atoms with E-state index in [1.807, 2.05) is 27.7 Å². The van der Waals surface area contributed by atoms with E-state index in [4.69, 9.17) is 11.2 Å². The van der Waals surface area contributed by atoms with Gasteiger partial charge in [-0.05, 0) is 40.7 Å². The van der Waals surface area contributed by atoms with Gasteiger partial charge in [0.1, 0.15) is 5.60 Å². The number of alkyl carbamates (subject to hydrolysis) is 1. The number of ether oxygens (including phenoxy) is 1. The molecule has 17 heavy (non-hydrogen) atoms. The van der Waals surface area contributed by atoms with Gasteiger partial charge in [0, 0.05) is 19.0 Å². The molecule has 0 aliphatic heterocycles. The van der Waals surface area contributed by atoms with E-state index in [0.717, 1.165) is 19.4 Å². The highest BCUT2D eigenvalue weighted by Gasteiger charge is 2.15. The van der Waals surface area contributed by atoms with Gasteiger partial charge in [-0.3, -0.25) is 0 Å². The van der Waals surface area contributed by atoms with Crippen molar-refractivity contribution in [2.45, 2.75) is 52.2 Å². The van der Waals surface area contributed by atoms with Gasteiger partial charge >= 0.3 is 6.09 Å². The third kappa shape index (κ3) is 11.1. The quantitative estimate of drug-likeness (QED) is 0.551. The summed E-state index contributed by atoms with van der Waals surface area (Å²) >= 11 is 0. The van der Waals surface area contributed by atoms with E-state index < -0.39 is 5.60 Å². The highest BCUT2D eigenvalue weighted by atomic mass is 16.6. The molecule has 0 aromatic heterocycles. The maximum absolute atomic E-state index is 11.3. The van der Waals surface area contributed by atoms with E-state index in [2.05, 4.69) is 16.6 Å². The molecule has 0 spiro atoms. The maximum Gasteiger partial charge on any atom is 0.407 e. The van der Waals surface area contributed by atoms with Gasteiger partial charge in [-0.2, -0.15) is 0 Å². The van der Waals surface area contributed by atoms with Crippen molar-refractivity contribution >= 4 is 6.09 Å². The predicted molar refractivity (Wildman–Crippen MR) is 69.8 cm³/mol. The second kappa shape index (κ2) is 7.97. The second-order valence-electron chi connectivity index (χ2n) is 5.05. The van der Waals surface area contributed by atoms with Gasteiger partial charge in [-0.1, -0.05) is 0 Å². The third-order valence-electron chi connectivity index (χ3n) is 1.94. The largest absolute Gasteiger partial charge is 0.444 e. The Hall–Kier alpha value is -1.21. The number of rotatable bonds is 6. The van der Waals surface area contributed by atoms with Gasteiger partial charge in [0.05, 0.1) is 0 Å². The first-order valence-electron chi connectivity index (χ1n) is 5.99. The Kier molecular flexibility index (Phi) is 7.40. The molecule has 1 amide bonds. The molecule has 0 heterocycles. The van der Waals surface area contributed by atoms with Crippen LogP contribution in [0.4, 0.5) is 4.79 Å². The summed E-state index contributed by atoms with van der Waals surface area (Å²) in [6.45, 7) is 9.01. The van der Waals surface area contributed by atoms with Crippen LogP contribution in [0.3, 0.4) is 0 Å². The monoisotopic (exact) mass is 240 g/mol. The Morgan fingerprint density at radius 3 is 2.59 bits per heavy atom. The van der Waals surface area contributed by atoms with E-state index in [1.165, 1.54) is 0 Å². The summed E-state index contributed by atoms with van der Waals surface area (Å²) in [5, 5.41) is 5.97. The van der Waals surface area contributed by atoms with Gasteiger partial charge in [0.2, 0.25) is 0 Å². The fraction of sp³-hybridized carbons (Fsp3) is 0.769. The molecular formula is C13H24N2O2. The molecule has 4 heteroatoms. The molecule has 1 atom stereocenters. The average Bonchev–Trinajstić information content (AvgIpc) is 2.14. The summed E-state index contributed by atoms with van der Waals surface area (Å²) in [7, 11) is 0. The highest BCUT2D eigenvalue weighted by molar-refractivity contribution is 5.67. The van der Waals surface area contributed by atoms with E-state index in [1.54, 1.807) is 0 Å². The molecule has 4 nitrogen and oxygen atoms in total. The second-order valence-corrected chi connectivity index (χ2v) is 5.05. The standard InChI is InChI=1S/C13H24N2O2/c1-6-8-11(2)14-9-7-10-15-12(16)17-13(3,4)5/h1,11,14H,7-10H2,2-5H3,(H,15,16). The zero-order valence-electron chi connectivity index (χ0n) is 11.3. The van der Waals surface area contributed by atoms with Crippen LogP contribution in [0, 0.1) is 12.3 Å². The summed E-state index contributed by atoms with van der Waals surface area (Å²) in [4.78, 5) is 11.3. The number of hydrogen-bond donors (Lipinski definition) is 2. The molecule has 0 bridgehead atoms. The normalized spacial score (nSPS) is 12.6. The molecule has 1 unspecified atom stereocenters. The summed E-state index contributed by atoms with van der Waals surface area (Å²) in [6.07, 6.45) is 6.41. The van der Waals surface area contributed by atoms with Crippen molar-refractivity contribution in [1.29, 1.82) is 0 Å². The van der Waals surface area contributed by atoms with Crippen molar-refractivity contribution in [2.24, 2.45) is 0 Å². The molecular weight excluding hydrogens is 216 g/mol. The van der Waals surface area contributed by atoms with Crippen molar-refractivity contribution in [3.8, 4) is 12.3 Å². The lowest BCUT2D eigenvalue weighted by Crippen LogP contribution is -2.34. The number of carbonyl (C=O) groups is 1. The van der Waals surface area contributed by atoms with Gasteiger partial charge in [0.15, 0.2) is 0 Å². The van der Waals surface area contributed by atoms with Crippen LogP contribution in [0.1, 0.15) is 40.5 Å². The zero-order valence-corrected chi connectivity index (χ0v) is 11.3. The van der Waals surface area contributed by atoms with Crippen LogP contribution >= 0.6 is 0 Å². The van der Waals surface area contributed by atoms with Crippen LogP contribution in [0.5, 0.6) is 0 Å². The first kappa shape index (κ1) is 15.8. The summed E-state index contributed by atoms with van der Waals surface area (Å²) in [5.74, 6) is 2.60. The van der Waals surface area contributed by atoms with Crippen LogP contribution in [0.25, 0.3) is 0 Å². The van der Waals surface area contributed by atoms with Crippen LogP contribution in [-0.4, -0.2) is 30.8 Å². The van der Waals surface area contributed by atoms with E-state index in [-0.39, 0.29) is 6.09 Å². The SMILES string of the molecule is C#CCC(C)NCCCNC(=O)OC(C)(C)C. The minimum absolute atomic E-state index is 0.321. The molecule has 98 valence electrons. The summed E-state index contributed by atoms with van der Waals surface area (Å²) in [6, 6.07) is 0.321. The van der Waals surface area contributed by atoms with Crippen molar-refractivity contribution in [3.05, 3.63) is 0 Å². The lowest BCUT2D eigenvalue weighted by Gasteiger charge is -2.19. The topological polar surface area (TPSA) is 50.4 Å². The Bertz CT molecular complexity index is 264. The van der Waals surface area contributed by atoms with Crippen molar-refractivity contribution in [2.75, 3.05) is 13.1 Å². The number of nitrogens with one attached hydrogen (secondary N) is 2. The Morgan fingerprint density at radius 2 is 2.06 bits per heavy atom. The van der Waals surface area contributed by atoms with Gasteiger partial charge in [-0.15, -0.1) is 12.3 Å². The van der Waals surface area contributed by atoms with Gasteiger partial charge < -0.3 is 15.4 Å². The molecule has 0 fully saturated rings. The number of terminal acetylenes is 1. The molecule has 2 N–H and O–H groups in total. The van der Waals surface area contributed by atoms with E-state index in [9.17, 15) is 4.79 Å². The van der Waals surface area contributed by atoms with Gasteiger partial charge in [-0.25, -0.2) is 4.79 Å². The zero-order chi connectivity index (χ0) is 13.3. The summed E-state index contributed by atoms with van der Waals surface area (Å²) in [5.41, 5.74) is -0.441. The molecule has 0 rings (SSSR count). The fourth-order valence-corrected chi connectivity index (χ4v) is 1.19. The lowest BCUT2D eigenvalue weighted by molar-refractivity contribution is 0.0527. The van der Waals surface area contributed by atoms with E-state index in [0.29, 0.717) is 12.6 Å². The van der Waals surface area contributed by atoms with E-state index >= 15 is 0 Å². The van der Waals surface area contributed by atoms with Crippen molar-refractivity contribution < 1.29 is 9.53 Å². The smallest absolute Gasteiger partial charge is 0.407 e. The number of hydrogen-bond acceptors (Lipinski definition) is 3. The Labute approximate surface area is 104 Å². The summed E-state index contributed by atoms with van der Waals surface area (Å²) < 4.78 is 5.11. The molecule has 0 aliphatic carbocycles. The molecule has 0 saturated carbocycles. The number of carbonyl (C=O) groups excluding carboxylic acids is 1. The molecule has 0 radical (unpaired) electrons. The Morgan fingerprint density at radius 1 is 1.41 bits per heavy atom. The van der Waals surface area contributed by atoms with Gasteiger partial charge in [0.25, 0.3) is 0 Å². The first-order valence-corrected chi connectivity index (χ1v) is 5.99. The fourth-order valence-electron chi connectivity index (χ4n) is 1.19. The molecule has 0 aliphatic rings. The van der Waals surface area contributed by atoms with Crippen LogP contribution in [-0.2, 0) is 4.74 Å². The lowest BCUT2D eigenvalue weighted by atomic mass is 10.2. The van der Waals surface area contributed by atoms with Crippen LogP contribution < -0.4 is 10.6 Å². The average molecular weight is 240 g/mol.